The van der Waals surface area contributed by atoms with Crippen LogP contribution in [0.15, 0.2) is 30.3 Å². The number of aryl methyl sites for hydroxylation is 3. The molecular weight excluding hydrogens is 346 g/mol. The molecule has 0 aromatic heterocycles. The van der Waals surface area contributed by atoms with E-state index in [0.717, 1.165) is 33.1 Å². The first-order valence-electron chi connectivity index (χ1n) is 9.08. The Labute approximate surface area is 161 Å². The van der Waals surface area contributed by atoms with Crippen LogP contribution in [0.3, 0.4) is 0 Å². The fraction of sp³-hybridized carbons (Fsp3) is 0.409. The highest BCUT2D eigenvalue weighted by atomic mass is 35.5. The number of hydrogen-bond donors (Lipinski definition) is 1. The predicted octanol–water partition coefficient (Wildman–Crippen LogP) is 6.19. The third-order valence-electron chi connectivity index (χ3n) is 4.42. The molecule has 0 aliphatic carbocycles. The van der Waals surface area contributed by atoms with Crippen molar-refractivity contribution >= 4 is 23.2 Å². The zero-order chi connectivity index (χ0) is 19.3. The molecule has 140 valence electrons. The van der Waals surface area contributed by atoms with E-state index >= 15 is 0 Å². The molecule has 2 aromatic rings. The lowest BCUT2D eigenvalue weighted by Crippen LogP contribution is -2.15. The van der Waals surface area contributed by atoms with E-state index in [4.69, 9.17) is 16.3 Å². The molecule has 2 aromatic carbocycles. The second-order valence-electron chi connectivity index (χ2n) is 7.07. The summed E-state index contributed by atoms with van der Waals surface area (Å²) in [7, 11) is 0. The number of anilines is 1. The number of carbonyl (C=O) groups is 1. The molecule has 0 heterocycles. The summed E-state index contributed by atoms with van der Waals surface area (Å²) in [5.74, 6) is 1.18. The normalized spacial score (nSPS) is 10.9. The summed E-state index contributed by atoms with van der Waals surface area (Å²) in [6.07, 6.45) is 1.09. The molecular formula is C22H28ClNO2. The van der Waals surface area contributed by atoms with Gasteiger partial charge in [0.2, 0.25) is 5.91 Å². The van der Waals surface area contributed by atoms with Gasteiger partial charge >= 0.3 is 0 Å². The highest BCUT2D eigenvalue weighted by Gasteiger charge is 2.12. The van der Waals surface area contributed by atoms with Crippen LogP contribution < -0.4 is 10.1 Å². The van der Waals surface area contributed by atoms with Crippen LogP contribution in [0.5, 0.6) is 5.75 Å². The van der Waals surface area contributed by atoms with Crippen molar-refractivity contribution in [3.63, 3.8) is 0 Å². The van der Waals surface area contributed by atoms with Crippen LogP contribution >= 0.6 is 11.6 Å². The van der Waals surface area contributed by atoms with E-state index in [1.807, 2.05) is 45.0 Å². The zero-order valence-electron chi connectivity index (χ0n) is 16.3. The van der Waals surface area contributed by atoms with Crippen LogP contribution in [0.4, 0.5) is 5.69 Å². The fourth-order valence-corrected chi connectivity index (χ4v) is 3.07. The maximum Gasteiger partial charge on any atom is 0.224 e. The molecule has 1 N–H and O–H groups in total. The summed E-state index contributed by atoms with van der Waals surface area (Å²) in [5, 5.41) is 3.85. The molecule has 26 heavy (non-hydrogen) atoms. The van der Waals surface area contributed by atoms with Crippen molar-refractivity contribution in [1.29, 1.82) is 0 Å². The van der Waals surface area contributed by atoms with Gasteiger partial charge < -0.3 is 10.1 Å². The van der Waals surface area contributed by atoms with Crippen molar-refractivity contribution in [2.75, 3.05) is 11.9 Å². The molecule has 0 saturated carbocycles. The summed E-state index contributed by atoms with van der Waals surface area (Å²) in [4.78, 5) is 12.3. The Morgan fingerprint density at radius 3 is 2.38 bits per heavy atom. The van der Waals surface area contributed by atoms with Gasteiger partial charge in [-0.3, -0.25) is 4.79 Å². The molecule has 0 bridgehead atoms. The lowest BCUT2D eigenvalue weighted by molar-refractivity contribution is -0.116. The average Bonchev–Trinajstić information content (AvgIpc) is 2.58. The minimum Gasteiger partial charge on any atom is -0.494 e. The van der Waals surface area contributed by atoms with Crippen LogP contribution in [0.2, 0.25) is 5.02 Å². The number of carbonyl (C=O) groups excluding carboxylic acids is 1. The molecule has 0 atom stereocenters. The van der Waals surface area contributed by atoms with E-state index < -0.39 is 0 Å². The van der Waals surface area contributed by atoms with Gasteiger partial charge in [0.25, 0.3) is 0 Å². The molecule has 0 aliphatic heterocycles. The molecule has 4 heteroatoms. The van der Waals surface area contributed by atoms with Gasteiger partial charge in [-0.1, -0.05) is 43.6 Å². The lowest BCUT2D eigenvalue weighted by atomic mass is 9.98. The Kier molecular flexibility index (Phi) is 7.10. The summed E-state index contributed by atoms with van der Waals surface area (Å²) in [5.41, 5.74) is 5.20. The SMILES string of the molecule is Cc1cc(OCCCC(=O)Nc2c(C)cccc2C(C)C)cc(C)c1Cl. The molecule has 0 spiro atoms. The molecule has 0 fully saturated rings. The Hall–Kier alpha value is -2.00. The lowest BCUT2D eigenvalue weighted by Gasteiger charge is -2.16. The third kappa shape index (κ3) is 5.25. The van der Waals surface area contributed by atoms with Gasteiger partial charge in [0.1, 0.15) is 5.75 Å². The first-order chi connectivity index (χ1) is 12.3. The number of para-hydroxylation sites is 1. The number of amides is 1. The van der Waals surface area contributed by atoms with Crippen molar-refractivity contribution in [3.8, 4) is 5.75 Å². The van der Waals surface area contributed by atoms with Crippen molar-refractivity contribution in [3.05, 3.63) is 57.6 Å². The number of rotatable bonds is 7. The molecule has 3 nitrogen and oxygen atoms in total. The summed E-state index contributed by atoms with van der Waals surface area (Å²) in [6.45, 7) is 10.7. The molecule has 0 saturated heterocycles. The van der Waals surface area contributed by atoms with E-state index in [0.29, 0.717) is 25.4 Å². The van der Waals surface area contributed by atoms with E-state index in [-0.39, 0.29) is 5.91 Å². The molecule has 2 rings (SSSR count). The molecule has 0 unspecified atom stereocenters. The van der Waals surface area contributed by atoms with Gasteiger partial charge in [-0.25, -0.2) is 0 Å². The molecule has 1 amide bonds. The van der Waals surface area contributed by atoms with Crippen molar-refractivity contribution in [2.24, 2.45) is 0 Å². The van der Waals surface area contributed by atoms with Crippen LogP contribution in [-0.4, -0.2) is 12.5 Å². The van der Waals surface area contributed by atoms with Crippen molar-refractivity contribution < 1.29 is 9.53 Å². The standard InChI is InChI=1S/C22H28ClNO2/c1-14(2)19-9-6-8-15(3)22(19)24-20(25)10-7-11-26-18-12-16(4)21(23)17(5)13-18/h6,8-9,12-14H,7,10-11H2,1-5H3,(H,24,25). The quantitative estimate of drug-likeness (QED) is 0.588. The minimum absolute atomic E-state index is 0.0215. The summed E-state index contributed by atoms with van der Waals surface area (Å²) < 4.78 is 5.77. The first kappa shape index (κ1) is 20.3. The van der Waals surface area contributed by atoms with Crippen LogP contribution in [0.1, 0.15) is 54.9 Å². The highest BCUT2D eigenvalue weighted by Crippen LogP contribution is 2.28. The van der Waals surface area contributed by atoms with E-state index in [9.17, 15) is 4.79 Å². The van der Waals surface area contributed by atoms with Crippen molar-refractivity contribution in [2.45, 2.75) is 53.4 Å². The summed E-state index contributed by atoms with van der Waals surface area (Å²) >= 11 is 6.17. The smallest absolute Gasteiger partial charge is 0.224 e. The topological polar surface area (TPSA) is 38.3 Å². The Bertz CT molecular complexity index is 761. The van der Waals surface area contributed by atoms with Gasteiger partial charge in [0.15, 0.2) is 0 Å². The fourth-order valence-electron chi connectivity index (χ4n) is 2.96. The molecule has 0 aliphatic rings. The monoisotopic (exact) mass is 373 g/mol. The second kappa shape index (κ2) is 9.09. The van der Waals surface area contributed by atoms with Gasteiger partial charge in [0.05, 0.1) is 6.61 Å². The van der Waals surface area contributed by atoms with Gasteiger partial charge in [0, 0.05) is 17.1 Å². The molecule has 0 radical (unpaired) electrons. The van der Waals surface area contributed by atoms with Crippen molar-refractivity contribution in [1.82, 2.24) is 0 Å². The Balaban J connectivity index is 1.87. The van der Waals surface area contributed by atoms with Crippen LogP contribution in [0.25, 0.3) is 0 Å². The summed E-state index contributed by atoms with van der Waals surface area (Å²) in [6, 6.07) is 9.98. The highest BCUT2D eigenvalue weighted by molar-refractivity contribution is 6.32. The number of nitrogens with one attached hydrogen (secondary N) is 1. The maximum absolute atomic E-state index is 12.3. The maximum atomic E-state index is 12.3. The van der Waals surface area contributed by atoms with Crippen LogP contribution in [0, 0.1) is 20.8 Å². The van der Waals surface area contributed by atoms with Gasteiger partial charge in [-0.2, -0.15) is 0 Å². The predicted molar refractivity (Wildman–Crippen MR) is 110 cm³/mol. The number of halogens is 1. The Morgan fingerprint density at radius 1 is 1.12 bits per heavy atom. The van der Waals surface area contributed by atoms with E-state index in [2.05, 4.69) is 25.2 Å². The first-order valence-corrected chi connectivity index (χ1v) is 9.46. The minimum atomic E-state index is 0.0215. The number of ether oxygens (including phenoxy) is 1. The van der Waals surface area contributed by atoms with Crippen LogP contribution in [-0.2, 0) is 4.79 Å². The second-order valence-corrected chi connectivity index (χ2v) is 7.44. The number of benzene rings is 2. The third-order valence-corrected chi connectivity index (χ3v) is 5.01. The van der Waals surface area contributed by atoms with Gasteiger partial charge in [-0.05, 0) is 67.5 Å². The largest absolute Gasteiger partial charge is 0.494 e. The van der Waals surface area contributed by atoms with E-state index in [1.54, 1.807) is 0 Å². The Morgan fingerprint density at radius 2 is 1.77 bits per heavy atom. The number of hydrogen-bond acceptors (Lipinski definition) is 2. The zero-order valence-corrected chi connectivity index (χ0v) is 17.0. The van der Waals surface area contributed by atoms with E-state index in [1.165, 1.54) is 5.56 Å². The average molecular weight is 374 g/mol. The van der Waals surface area contributed by atoms with Gasteiger partial charge in [-0.15, -0.1) is 0 Å².